The van der Waals surface area contributed by atoms with Gasteiger partial charge in [-0.05, 0) is 56.8 Å². The van der Waals surface area contributed by atoms with Gasteiger partial charge in [0, 0.05) is 5.69 Å². The summed E-state index contributed by atoms with van der Waals surface area (Å²) >= 11 is 6.03. The fourth-order valence-electron chi connectivity index (χ4n) is 2.53. The molecule has 4 nitrogen and oxygen atoms in total. The summed E-state index contributed by atoms with van der Waals surface area (Å²) in [5.41, 5.74) is 2.19. The molecular formula is C17H23ClN2O2. The lowest BCUT2D eigenvalue weighted by Crippen LogP contribution is -2.29. The van der Waals surface area contributed by atoms with Gasteiger partial charge in [-0.25, -0.2) is 0 Å². The molecule has 1 aromatic rings. The smallest absolute Gasteiger partial charge is 0.238 e. The van der Waals surface area contributed by atoms with Crippen LogP contribution in [0.2, 0.25) is 5.02 Å². The number of rotatable bonds is 7. The lowest BCUT2D eigenvalue weighted by atomic mass is 9.97. The molecule has 120 valence electrons. The molecule has 0 aliphatic heterocycles. The van der Waals surface area contributed by atoms with E-state index in [9.17, 15) is 4.79 Å². The highest BCUT2D eigenvalue weighted by Crippen LogP contribution is 2.27. The number of amides is 1. The Morgan fingerprint density at radius 1 is 1.36 bits per heavy atom. The van der Waals surface area contributed by atoms with E-state index in [1.165, 1.54) is 31.3 Å². The van der Waals surface area contributed by atoms with Crippen molar-refractivity contribution in [3.8, 4) is 5.75 Å². The number of anilines is 1. The second-order valence-electron chi connectivity index (χ2n) is 5.43. The van der Waals surface area contributed by atoms with Crippen molar-refractivity contribution in [2.45, 2.75) is 32.1 Å². The number of methoxy groups -OCH3 is 1. The molecule has 1 amide bonds. The number of carbonyl (C=O) groups excluding carboxylic acids is 1. The molecule has 5 heteroatoms. The predicted molar refractivity (Wildman–Crippen MR) is 90.7 cm³/mol. The Morgan fingerprint density at radius 3 is 2.91 bits per heavy atom. The van der Waals surface area contributed by atoms with Crippen LogP contribution in [0.4, 0.5) is 5.69 Å². The quantitative estimate of drug-likeness (QED) is 0.593. The minimum Gasteiger partial charge on any atom is -0.495 e. The van der Waals surface area contributed by atoms with E-state index in [0.717, 1.165) is 13.0 Å². The third-order valence-corrected chi connectivity index (χ3v) is 4.02. The number of allylic oxidation sites excluding steroid dienone is 1. The van der Waals surface area contributed by atoms with Gasteiger partial charge in [0.2, 0.25) is 5.91 Å². The Bertz CT molecular complexity index is 543. The molecule has 0 unspecified atom stereocenters. The summed E-state index contributed by atoms with van der Waals surface area (Å²) < 4.78 is 5.08. The van der Waals surface area contributed by atoms with Crippen LogP contribution in [0.1, 0.15) is 32.1 Å². The number of hydrogen-bond donors (Lipinski definition) is 2. The number of halogens is 1. The molecule has 2 N–H and O–H groups in total. The third kappa shape index (κ3) is 5.35. The van der Waals surface area contributed by atoms with Crippen LogP contribution in [0.3, 0.4) is 0 Å². The molecule has 0 bridgehead atoms. The predicted octanol–water partition coefficient (Wildman–Crippen LogP) is 3.77. The Hall–Kier alpha value is -1.52. The molecule has 0 spiro atoms. The van der Waals surface area contributed by atoms with Crippen molar-refractivity contribution in [1.29, 1.82) is 0 Å². The van der Waals surface area contributed by atoms with Gasteiger partial charge in [0.05, 0.1) is 18.7 Å². The molecule has 22 heavy (non-hydrogen) atoms. The van der Waals surface area contributed by atoms with Crippen molar-refractivity contribution in [3.05, 3.63) is 34.9 Å². The summed E-state index contributed by atoms with van der Waals surface area (Å²) in [6.45, 7) is 1.14. The third-order valence-electron chi connectivity index (χ3n) is 3.73. The lowest BCUT2D eigenvalue weighted by molar-refractivity contribution is -0.115. The van der Waals surface area contributed by atoms with Gasteiger partial charge >= 0.3 is 0 Å². The normalized spacial score (nSPS) is 14.4. The zero-order valence-electron chi connectivity index (χ0n) is 13.0. The van der Waals surface area contributed by atoms with Gasteiger partial charge < -0.3 is 15.4 Å². The Labute approximate surface area is 136 Å². The zero-order chi connectivity index (χ0) is 15.8. The van der Waals surface area contributed by atoms with Crippen molar-refractivity contribution in [3.63, 3.8) is 0 Å². The molecule has 0 atom stereocenters. The summed E-state index contributed by atoms with van der Waals surface area (Å²) in [5.74, 6) is 0.525. The first kappa shape index (κ1) is 16.8. The summed E-state index contributed by atoms with van der Waals surface area (Å²) in [7, 11) is 1.56. The molecule has 0 heterocycles. The average Bonchev–Trinajstić information content (AvgIpc) is 2.53. The maximum atomic E-state index is 11.9. The average molecular weight is 323 g/mol. The molecule has 0 fully saturated rings. The maximum absolute atomic E-state index is 11.9. The van der Waals surface area contributed by atoms with Gasteiger partial charge in [-0.2, -0.15) is 0 Å². The van der Waals surface area contributed by atoms with Crippen LogP contribution in [0.5, 0.6) is 5.75 Å². The SMILES string of the molecule is COc1ccc(NC(=O)CNCCC2=CCCCC2)cc1Cl. The van der Waals surface area contributed by atoms with E-state index in [1.54, 1.807) is 25.3 Å². The lowest BCUT2D eigenvalue weighted by Gasteiger charge is -2.13. The molecule has 0 saturated heterocycles. The van der Waals surface area contributed by atoms with E-state index in [-0.39, 0.29) is 5.91 Å². The van der Waals surface area contributed by atoms with Gasteiger partial charge in [0.1, 0.15) is 5.75 Å². The summed E-state index contributed by atoms with van der Waals surface area (Å²) in [6.07, 6.45) is 8.38. The van der Waals surface area contributed by atoms with Crippen LogP contribution in [0, 0.1) is 0 Å². The fourth-order valence-corrected chi connectivity index (χ4v) is 2.79. The number of benzene rings is 1. The standard InChI is InChI=1S/C17H23ClN2O2/c1-22-16-8-7-14(11-15(16)18)20-17(21)12-19-10-9-13-5-3-2-4-6-13/h5,7-8,11,19H,2-4,6,9-10,12H2,1H3,(H,20,21). The molecule has 0 saturated carbocycles. The van der Waals surface area contributed by atoms with E-state index in [1.807, 2.05) is 0 Å². The van der Waals surface area contributed by atoms with Gasteiger partial charge in [0.15, 0.2) is 0 Å². The Kier molecular flexibility index (Phi) is 6.74. The van der Waals surface area contributed by atoms with Crippen LogP contribution in [-0.2, 0) is 4.79 Å². The van der Waals surface area contributed by atoms with Crippen molar-refractivity contribution >= 4 is 23.2 Å². The van der Waals surface area contributed by atoms with Gasteiger partial charge in [-0.3, -0.25) is 4.79 Å². The topological polar surface area (TPSA) is 50.4 Å². The van der Waals surface area contributed by atoms with Crippen LogP contribution >= 0.6 is 11.6 Å². The van der Waals surface area contributed by atoms with E-state index in [0.29, 0.717) is 23.0 Å². The summed E-state index contributed by atoms with van der Waals surface area (Å²) in [5, 5.41) is 6.48. The highest BCUT2D eigenvalue weighted by Gasteiger charge is 2.06. The fraction of sp³-hybridized carbons (Fsp3) is 0.471. The molecular weight excluding hydrogens is 300 g/mol. The Morgan fingerprint density at radius 2 is 2.23 bits per heavy atom. The van der Waals surface area contributed by atoms with Crippen molar-refractivity contribution < 1.29 is 9.53 Å². The van der Waals surface area contributed by atoms with Crippen LogP contribution in [0.25, 0.3) is 0 Å². The highest BCUT2D eigenvalue weighted by molar-refractivity contribution is 6.32. The first-order chi connectivity index (χ1) is 10.7. The van der Waals surface area contributed by atoms with E-state index in [2.05, 4.69) is 16.7 Å². The van der Waals surface area contributed by atoms with E-state index in [4.69, 9.17) is 16.3 Å². The van der Waals surface area contributed by atoms with Crippen molar-refractivity contribution in [2.75, 3.05) is 25.5 Å². The van der Waals surface area contributed by atoms with Crippen molar-refractivity contribution in [1.82, 2.24) is 5.32 Å². The van der Waals surface area contributed by atoms with Crippen LogP contribution < -0.4 is 15.4 Å². The number of nitrogens with one attached hydrogen (secondary N) is 2. The second kappa shape index (κ2) is 8.81. The minimum atomic E-state index is -0.0705. The number of ether oxygens (including phenoxy) is 1. The minimum absolute atomic E-state index is 0.0705. The second-order valence-corrected chi connectivity index (χ2v) is 5.84. The Balaban J connectivity index is 1.69. The number of carbonyl (C=O) groups is 1. The van der Waals surface area contributed by atoms with Crippen molar-refractivity contribution in [2.24, 2.45) is 0 Å². The maximum Gasteiger partial charge on any atom is 0.238 e. The molecule has 1 aromatic carbocycles. The summed E-state index contributed by atoms with van der Waals surface area (Å²) in [6, 6.07) is 5.20. The van der Waals surface area contributed by atoms with Gasteiger partial charge in [-0.1, -0.05) is 23.3 Å². The molecule has 0 radical (unpaired) electrons. The van der Waals surface area contributed by atoms with E-state index < -0.39 is 0 Å². The molecule has 0 aromatic heterocycles. The monoisotopic (exact) mass is 322 g/mol. The van der Waals surface area contributed by atoms with Gasteiger partial charge in [0.25, 0.3) is 0 Å². The molecule has 1 aliphatic rings. The van der Waals surface area contributed by atoms with Gasteiger partial charge in [-0.15, -0.1) is 0 Å². The first-order valence-electron chi connectivity index (χ1n) is 7.71. The molecule has 1 aliphatic carbocycles. The van der Waals surface area contributed by atoms with Crippen LogP contribution in [0.15, 0.2) is 29.8 Å². The zero-order valence-corrected chi connectivity index (χ0v) is 13.7. The molecule has 2 rings (SSSR count). The first-order valence-corrected chi connectivity index (χ1v) is 8.09. The number of hydrogen-bond acceptors (Lipinski definition) is 3. The van der Waals surface area contributed by atoms with Crippen LogP contribution in [-0.4, -0.2) is 26.1 Å². The highest BCUT2D eigenvalue weighted by atomic mass is 35.5. The summed E-state index contributed by atoms with van der Waals surface area (Å²) in [4.78, 5) is 11.9. The largest absolute Gasteiger partial charge is 0.495 e. The van der Waals surface area contributed by atoms with E-state index >= 15 is 0 Å².